The number of carbonyl (C=O) groups is 2. The Hall–Kier alpha value is -2.51. The topological polar surface area (TPSA) is 61.8 Å². The Kier molecular flexibility index (Phi) is 7.69. The van der Waals surface area contributed by atoms with E-state index < -0.39 is 23.3 Å². The smallest absolute Gasteiger partial charge is 0.339 e. The molecule has 0 fully saturated rings. The van der Waals surface area contributed by atoms with Gasteiger partial charge in [-0.1, -0.05) is 48.1 Å². The molecule has 2 rings (SSSR count). The van der Waals surface area contributed by atoms with Gasteiger partial charge in [0.15, 0.2) is 5.75 Å². The van der Waals surface area contributed by atoms with Gasteiger partial charge in [0.05, 0.1) is 22.8 Å². The standard InChI is InChI=1S/C19H17ClF2O5/c1-12-8-6-4-2-3-5-7-9-25-19(24)16-13(10-12)17(20)15(26-27-22)11-14(16)18(21)23/h3,5-6,8,11H,1-2,4,7,9-10H2/b5-3+,8-6+. The molecule has 0 aromatic heterocycles. The number of cyclic esters (lactones) is 1. The molecule has 1 aromatic carbocycles. The molecule has 0 amide bonds. The number of benzene rings is 1. The van der Waals surface area contributed by atoms with Crippen LogP contribution in [0, 0.1) is 0 Å². The maximum Gasteiger partial charge on any atom is 0.339 e. The zero-order chi connectivity index (χ0) is 19.8. The molecule has 1 aromatic rings. The Bertz CT molecular complexity index is 802. The van der Waals surface area contributed by atoms with Gasteiger partial charge in [-0.15, -0.1) is 0 Å². The molecule has 0 bridgehead atoms. The summed E-state index contributed by atoms with van der Waals surface area (Å²) in [7, 11) is 0. The highest BCUT2D eigenvalue weighted by Gasteiger charge is 2.28. The van der Waals surface area contributed by atoms with Crippen LogP contribution in [-0.2, 0) is 16.2 Å². The van der Waals surface area contributed by atoms with Crippen LogP contribution in [0.4, 0.5) is 8.92 Å². The van der Waals surface area contributed by atoms with E-state index in [0.717, 1.165) is 18.9 Å². The minimum absolute atomic E-state index is 0.0145. The lowest BCUT2D eigenvalue weighted by Gasteiger charge is -2.16. The van der Waals surface area contributed by atoms with Crippen LogP contribution in [0.25, 0.3) is 0 Å². The molecule has 27 heavy (non-hydrogen) atoms. The molecule has 0 unspecified atom stereocenters. The number of hydrogen-bond donors (Lipinski definition) is 0. The molecular formula is C19H17ClF2O5. The van der Waals surface area contributed by atoms with Gasteiger partial charge in [-0.05, 0) is 35.8 Å². The monoisotopic (exact) mass is 398 g/mol. The minimum Gasteiger partial charge on any atom is -0.462 e. The average Bonchev–Trinajstić information content (AvgIpc) is 2.62. The van der Waals surface area contributed by atoms with Gasteiger partial charge >= 0.3 is 12.0 Å². The van der Waals surface area contributed by atoms with E-state index in [1.165, 1.54) is 0 Å². The van der Waals surface area contributed by atoms with Crippen LogP contribution in [0.3, 0.4) is 0 Å². The minimum atomic E-state index is -1.93. The highest BCUT2D eigenvalue weighted by atomic mass is 35.5. The summed E-state index contributed by atoms with van der Waals surface area (Å²) in [5, 5.41) is 2.86. The second-order valence-electron chi connectivity index (χ2n) is 5.72. The number of rotatable bonds is 3. The first-order chi connectivity index (χ1) is 13.0. The number of ether oxygens (including phenoxy) is 1. The van der Waals surface area contributed by atoms with E-state index in [9.17, 15) is 18.5 Å². The summed E-state index contributed by atoms with van der Waals surface area (Å²) in [4.78, 5) is 28.2. The lowest BCUT2D eigenvalue weighted by molar-refractivity contribution is -0.367. The quantitative estimate of drug-likeness (QED) is 0.230. The Morgan fingerprint density at radius 3 is 2.63 bits per heavy atom. The molecule has 5 nitrogen and oxygen atoms in total. The van der Waals surface area contributed by atoms with Crippen molar-refractivity contribution in [1.82, 2.24) is 0 Å². The Balaban J connectivity index is 2.61. The van der Waals surface area contributed by atoms with Crippen molar-refractivity contribution in [3.05, 3.63) is 64.2 Å². The van der Waals surface area contributed by atoms with Crippen LogP contribution in [0.5, 0.6) is 5.75 Å². The van der Waals surface area contributed by atoms with Gasteiger partial charge in [0.2, 0.25) is 0 Å². The first-order valence-corrected chi connectivity index (χ1v) is 8.50. The second kappa shape index (κ2) is 9.99. The first-order valence-electron chi connectivity index (χ1n) is 8.12. The summed E-state index contributed by atoms with van der Waals surface area (Å²) in [5.74, 6) is -1.38. The summed E-state index contributed by atoms with van der Waals surface area (Å²) in [6.45, 7) is 3.90. The first kappa shape index (κ1) is 20.8. The van der Waals surface area contributed by atoms with Crippen molar-refractivity contribution >= 4 is 23.6 Å². The van der Waals surface area contributed by atoms with Crippen LogP contribution >= 0.6 is 11.6 Å². The fraction of sp³-hybridized carbons (Fsp3) is 0.263. The van der Waals surface area contributed by atoms with E-state index in [-0.39, 0.29) is 29.2 Å². The predicted octanol–water partition coefficient (Wildman–Crippen LogP) is 5.20. The van der Waals surface area contributed by atoms with Gasteiger partial charge in [-0.2, -0.15) is 4.39 Å². The third-order valence-electron chi connectivity index (χ3n) is 3.81. The molecule has 144 valence electrons. The highest BCUT2D eigenvalue weighted by molar-refractivity contribution is 6.33. The second-order valence-corrected chi connectivity index (χ2v) is 6.10. The number of hydrogen-bond acceptors (Lipinski definition) is 5. The molecule has 8 heteroatoms. The van der Waals surface area contributed by atoms with E-state index in [0.29, 0.717) is 12.0 Å². The maximum absolute atomic E-state index is 13.6. The van der Waals surface area contributed by atoms with Crippen LogP contribution in [-0.4, -0.2) is 18.6 Å². The maximum atomic E-state index is 13.6. The summed E-state index contributed by atoms with van der Waals surface area (Å²) < 4.78 is 30.9. The SMILES string of the molecule is C=C1/C=C/CC/C=C/CCOC(=O)c2c(C(=O)F)cc(OOF)c(Cl)c2C1. The van der Waals surface area contributed by atoms with Crippen molar-refractivity contribution in [2.45, 2.75) is 25.7 Å². The Morgan fingerprint density at radius 1 is 1.22 bits per heavy atom. The zero-order valence-electron chi connectivity index (χ0n) is 14.3. The molecule has 0 atom stereocenters. The summed E-state index contributed by atoms with van der Waals surface area (Å²) in [6, 6.07) is -1.14. The van der Waals surface area contributed by atoms with Crippen molar-refractivity contribution in [1.29, 1.82) is 0 Å². The lowest BCUT2D eigenvalue weighted by atomic mass is 9.95. The van der Waals surface area contributed by atoms with E-state index in [4.69, 9.17) is 16.3 Å². The molecule has 1 aliphatic heterocycles. The number of carbonyl (C=O) groups excluding carboxylic acids is 2. The van der Waals surface area contributed by atoms with Crippen molar-refractivity contribution in [3.63, 3.8) is 0 Å². The van der Waals surface area contributed by atoms with Crippen molar-refractivity contribution < 1.29 is 33.2 Å². The van der Waals surface area contributed by atoms with E-state index in [1.807, 2.05) is 18.2 Å². The Labute approximate surface area is 159 Å². The molecule has 1 heterocycles. The van der Waals surface area contributed by atoms with E-state index in [2.05, 4.69) is 16.6 Å². The largest absolute Gasteiger partial charge is 0.462 e. The Morgan fingerprint density at radius 2 is 1.93 bits per heavy atom. The predicted molar refractivity (Wildman–Crippen MR) is 95.0 cm³/mol. The van der Waals surface area contributed by atoms with Gasteiger partial charge in [-0.3, -0.25) is 4.79 Å². The third kappa shape index (κ3) is 5.48. The summed E-state index contributed by atoms with van der Waals surface area (Å²) >= 11 is 6.17. The van der Waals surface area contributed by atoms with Crippen molar-refractivity contribution in [3.8, 4) is 5.75 Å². The fourth-order valence-corrected chi connectivity index (χ4v) is 2.84. The lowest BCUT2D eigenvalue weighted by Crippen LogP contribution is -2.15. The molecule has 0 N–H and O–H groups in total. The molecule has 0 saturated heterocycles. The zero-order valence-corrected chi connectivity index (χ0v) is 15.1. The van der Waals surface area contributed by atoms with E-state index in [1.54, 1.807) is 6.08 Å². The normalized spacial score (nSPS) is 18.0. The summed E-state index contributed by atoms with van der Waals surface area (Å²) in [6.07, 6.45) is 9.43. The van der Waals surface area contributed by atoms with Gasteiger partial charge < -0.3 is 9.62 Å². The average molecular weight is 399 g/mol. The highest BCUT2D eigenvalue weighted by Crippen LogP contribution is 2.36. The number of fused-ring (bicyclic) bond motifs is 1. The van der Waals surface area contributed by atoms with Gasteiger partial charge in [0, 0.05) is 11.2 Å². The van der Waals surface area contributed by atoms with Crippen LogP contribution in [0.15, 0.2) is 42.5 Å². The molecule has 0 saturated carbocycles. The molecular weight excluding hydrogens is 382 g/mol. The van der Waals surface area contributed by atoms with Crippen molar-refractivity contribution in [2.75, 3.05) is 6.61 Å². The molecule has 1 aliphatic rings. The van der Waals surface area contributed by atoms with Gasteiger partial charge in [0.25, 0.3) is 0 Å². The van der Waals surface area contributed by atoms with Gasteiger partial charge in [-0.25, -0.2) is 4.79 Å². The number of halogens is 3. The van der Waals surface area contributed by atoms with Crippen LogP contribution in [0.1, 0.15) is 45.5 Å². The molecule has 0 aliphatic carbocycles. The fourth-order valence-electron chi connectivity index (χ4n) is 2.59. The number of allylic oxidation sites excluding steroid dienone is 4. The van der Waals surface area contributed by atoms with Crippen LogP contribution < -0.4 is 4.89 Å². The number of esters is 1. The third-order valence-corrected chi connectivity index (χ3v) is 4.22. The summed E-state index contributed by atoms with van der Waals surface area (Å²) in [5.41, 5.74) is -0.456. The van der Waals surface area contributed by atoms with Gasteiger partial charge in [0.1, 0.15) is 0 Å². The van der Waals surface area contributed by atoms with Crippen LogP contribution in [0.2, 0.25) is 5.02 Å². The molecule has 0 spiro atoms. The molecule has 0 radical (unpaired) electrons. The van der Waals surface area contributed by atoms with Crippen molar-refractivity contribution in [2.24, 2.45) is 0 Å². The van der Waals surface area contributed by atoms with E-state index >= 15 is 0 Å².